The van der Waals surface area contributed by atoms with Crippen LogP contribution in [0.4, 0.5) is 0 Å². The summed E-state index contributed by atoms with van der Waals surface area (Å²) in [5.41, 5.74) is 4.93. The van der Waals surface area contributed by atoms with Gasteiger partial charge in [0.25, 0.3) is 0 Å². The molecule has 29 heavy (non-hydrogen) atoms. The van der Waals surface area contributed by atoms with E-state index >= 15 is 0 Å². The van der Waals surface area contributed by atoms with Gasteiger partial charge in [-0.15, -0.1) is 5.10 Å². The van der Waals surface area contributed by atoms with Crippen LogP contribution in [0.2, 0.25) is 0 Å². The lowest BCUT2D eigenvalue weighted by Crippen LogP contribution is -2.20. The second kappa shape index (κ2) is 5.53. The second-order valence-electron chi connectivity index (χ2n) is 7.80. The quantitative estimate of drug-likeness (QED) is 0.339. The molecular formula is C22H18N4O3. The number of rotatable bonds is 2. The Bertz CT molecular complexity index is 1470. The van der Waals surface area contributed by atoms with E-state index in [2.05, 4.69) is 17.2 Å². The van der Waals surface area contributed by atoms with Crippen LogP contribution in [0.1, 0.15) is 29.4 Å². The van der Waals surface area contributed by atoms with Crippen molar-refractivity contribution in [2.45, 2.75) is 19.8 Å². The highest BCUT2D eigenvalue weighted by atomic mass is 16.5. The number of carbonyl (C=O) groups excluding carboxylic acids is 1. The van der Waals surface area contributed by atoms with Crippen molar-refractivity contribution in [2.75, 3.05) is 14.2 Å². The van der Waals surface area contributed by atoms with Crippen LogP contribution in [0, 0.1) is 5.92 Å². The lowest BCUT2D eigenvalue weighted by molar-refractivity contribution is 0.0954. The smallest absolute Gasteiger partial charge is 0.165 e. The van der Waals surface area contributed by atoms with E-state index in [1.165, 1.54) is 0 Å². The Balaban J connectivity index is 1.94. The van der Waals surface area contributed by atoms with Crippen LogP contribution < -0.4 is 9.47 Å². The van der Waals surface area contributed by atoms with Gasteiger partial charge in [-0.2, -0.15) is 0 Å². The van der Waals surface area contributed by atoms with E-state index in [-0.39, 0.29) is 11.7 Å². The van der Waals surface area contributed by atoms with Gasteiger partial charge in [0.05, 0.1) is 30.9 Å². The third-order valence-corrected chi connectivity index (χ3v) is 5.99. The Labute approximate surface area is 165 Å². The number of ether oxygens (including phenoxy) is 2. The Hall–Kier alpha value is -3.48. The molecule has 1 atom stereocenters. The highest BCUT2D eigenvalue weighted by Crippen LogP contribution is 2.43. The third-order valence-electron chi connectivity index (χ3n) is 5.99. The Morgan fingerprint density at radius 2 is 1.79 bits per heavy atom. The molecule has 3 heterocycles. The zero-order chi connectivity index (χ0) is 19.9. The molecule has 144 valence electrons. The maximum absolute atomic E-state index is 13.2. The average molecular weight is 386 g/mol. The number of hydrogen-bond donors (Lipinski definition) is 0. The molecule has 7 nitrogen and oxygen atoms in total. The van der Waals surface area contributed by atoms with Crippen molar-refractivity contribution in [3.63, 3.8) is 0 Å². The van der Waals surface area contributed by atoms with Crippen LogP contribution in [-0.4, -0.2) is 39.8 Å². The Morgan fingerprint density at radius 3 is 2.59 bits per heavy atom. The van der Waals surface area contributed by atoms with Crippen molar-refractivity contribution in [3.8, 4) is 11.5 Å². The van der Waals surface area contributed by atoms with Gasteiger partial charge in [-0.1, -0.05) is 12.1 Å². The Morgan fingerprint density at radius 1 is 1.03 bits per heavy atom. The van der Waals surface area contributed by atoms with E-state index < -0.39 is 0 Å². The fourth-order valence-corrected chi connectivity index (χ4v) is 4.76. The summed E-state index contributed by atoms with van der Waals surface area (Å²) in [7, 11) is 3.22. The molecule has 1 unspecified atom stereocenters. The summed E-state index contributed by atoms with van der Waals surface area (Å²) in [5.74, 6) is 1.64. The van der Waals surface area contributed by atoms with Crippen LogP contribution in [0.25, 0.3) is 38.2 Å². The number of carbonyl (C=O) groups is 1. The van der Waals surface area contributed by atoms with E-state index in [0.29, 0.717) is 17.9 Å². The van der Waals surface area contributed by atoms with Gasteiger partial charge in [0.15, 0.2) is 17.3 Å². The molecule has 0 aliphatic heterocycles. The molecule has 0 N–H and O–H groups in total. The number of Topliss-reactive ketones (excluding diaryl/α,β-unsaturated/α-hetero) is 1. The van der Waals surface area contributed by atoms with Gasteiger partial charge >= 0.3 is 0 Å². The number of fused-ring (bicyclic) bond motifs is 5. The van der Waals surface area contributed by atoms with E-state index in [9.17, 15) is 4.79 Å². The summed E-state index contributed by atoms with van der Waals surface area (Å²) in [6, 6.07) is 7.73. The fourth-order valence-electron chi connectivity index (χ4n) is 4.76. The monoisotopic (exact) mass is 386 g/mol. The van der Waals surface area contributed by atoms with Gasteiger partial charge in [-0.3, -0.25) is 9.78 Å². The zero-order valence-corrected chi connectivity index (χ0v) is 16.3. The predicted molar refractivity (Wildman–Crippen MR) is 109 cm³/mol. The van der Waals surface area contributed by atoms with Crippen LogP contribution in [0.3, 0.4) is 0 Å². The molecule has 3 aromatic heterocycles. The normalized spacial score (nSPS) is 16.9. The summed E-state index contributed by atoms with van der Waals surface area (Å²) >= 11 is 0. The summed E-state index contributed by atoms with van der Waals surface area (Å²) in [4.78, 5) is 18.1. The zero-order valence-electron chi connectivity index (χ0n) is 16.3. The van der Waals surface area contributed by atoms with E-state index in [0.717, 1.165) is 55.9 Å². The van der Waals surface area contributed by atoms with E-state index in [4.69, 9.17) is 14.5 Å². The first-order valence-corrected chi connectivity index (χ1v) is 9.61. The van der Waals surface area contributed by atoms with Crippen LogP contribution in [-0.2, 0) is 6.42 Å². The largest absolute Gasteiger partial charge is 0.493 e. The maximum Gasteiger partial charge on any atom is 0.165 e. The molecule has 1 aliphatic rings. The van der Waals surface area contributed by atoms with Crippen LogP contribution >= 0.6 is 0 Å². The minimum Gasteiger partial charge on any atom is -0.493 e. The number of benzene rings is 2. The molecule has 0 radical (unpaired) electrons. The van der Waals surface area contributed by atoms with Gasteiger partial charge in [-0.25, -0.2) is 4.52 Å². The molecule has 0 bridgehead atoms. The molecule has 6 rings (SSSR count). The summed E-state index contributed by atoms with van der Waals surface area (Å²) in [6.07, 6.45) is 1.32. The number of ketones is 1. The van der Waals surface area contributed by atoms with Crippen LogP contribution in [0.5, 0.6) is 11.5 Å². The molecule has 5 aromatic rings. The van der Waals surface area contributed by atoms with Gasteiger partial charge in [0.2, 0.25) is 0 Å². The SMILES string of the molecule is COc1cc2c3c4c(nc5ccc6nnn(c2cc1OC)c6c53)CC(C)CC4=O. The molecule has 7 heteroatoms. The van der Waals surface area contributed by atoms with Crippen molar-refractivity contribution in [1.29, 1.82) is 0 Å². The minimum atomic E-state index is 0.141. The van der Waals surface area contributed by atoms with Crippen molar-refractivity contribution in [3.05, 3.63) is 35.5 Å². The molecule has 0 saturated heterocycles. The summed E-state index contributed by atoms with van der Waals surface area (Å²) in [6.45, 7) is 2.10. The number of hydrogen-bond acceptors (Lipinski definition) is 6. The molecule has 0 saturated carbocycles. The standard InChI is InChI=1S/C22H18N4O3/c1-10-6-14-20(16(27)7-10)19-11-8-17(28-2)18(29-3)9-15(11)26-22-13(24-25-26)5-4-12(23-14)21(19)22/h4-5,8-10H,6-7H2,1-3H3. The summed E-state index contributed by atoms with van der Waals surface area (Å²) in [5, 5.41) is 11.5. The minimum absolute atomic E-state index is 0.141. The molecule has 1 aliphatic carbocycles. The van der Waals surface area contributed by atoms with Gasteiger partial charge < -0.3 is 9.47 Å². The first-order valence-electron chi connectivity index (χ1n) is 9.61. The first kappa shape index (κ1) is 16.5. The average Bonchev–Trinajstić information content (AvgIpc) is 3.15. The number of nitrogens with zero attached hydrogens (tertiary/aromatic N) is 4. The Kier molecular flexibility index (Phi) is 3.14. The van der Waals surface area contributed by atoms with Gasteiger partial charge in [-0.05, 0) is 30.5 Å². The van der Waals surface area contributed by atoms with Crippen molar-refractivity contribution in [1.82, 2.24) is 19.8 Å². The van der Waals surface area contributed by atoms with Crippen molar-refractivity contribution in [2.24, 2.45) is 5.92 Å². The maximum atomic E-state index is 13.2. The molecule has 0 fully saturated rings. The van der Waals surface area contributed by atoms with E-state index in [1.807, 2.05) is 28.8 Å². The van der Waals surface area contributed by atoms with Crippen molar-refractivity contribution >= 4 is 44.0 Å². The molecule has 2 aromatic carbocycles. The highest BCUT2D eigenvalue weighted by Gasteiger charge is 2.30. The second-order valence-corrected chi connectivity index (χ2v) is 7.80. The topological polar surface area (TPSA) is 78.6 Å². The summed E-state index contributed by atoms with van der Waals surface area (Å²) < 4.78 is 12.9. The predicted octanol–water partition coefficient (Wildman–Crippen LogP) is 3.80. The molecule has 0 amide bonds. The third kappa shape index (κ3) is 2.02. The lowest BCUT2D eigenvalue weighted by Gasteiger charge is -2.23. The molecular weight excluding hydrogens is 368 g/mol. The number of pyridine rings is 2. The first-order chi connectivity index (χ1) is 14.1. The lowest BCUT2D eigenvalue weighted by atomic mass is 9.83. The number of methoxy groups -OCH3 is 2. The van der Waals surface area contributed by atoms with Crippen molar-refractivity contribution < 1.29 is 14.3 Å². The highest BCUT2D eigenvalue weighted by molar-refractivity contribution is 6.28. The van der Waals surface area contributed by atoms with Crippen LogP contribution in [0.15, 0.2) is 24.3 Å². The van der Waals surface area contributed by atoms with Gasteiger partial charge in [0, 0.05) is 34.2 Å². The molecule has 0 spiro atoms. The fraction of sp³-hybridized carbons (Fsp3) is 0.273. The number of aromatic nitrogens is 4. The van der Waals surface area contributed by atoms with Gasteiger partial charge in [0.1, 0.15) is 11.0 Å². The van der Waals surface area contributed by atoms with E-state index in [1.54, 1.807) is 14.2 Å².